The minimum Gasteiger partial charge on any atom is -0.469 e. The van der Waals surface area contributed by atoms with Gasteiger partial charge in [0.25, 0.3) is 0 Å². The Morgan fingerprint density at radius 2 is 2.20 bits per heavy atom. The van der Waals surface area contributed by atoms with Gasteiger partial charge in [-0.3, -0.25) is 14.7 Å². The summed E-state index contributed by atoms with van der Waals surface area (Å²) in [6.07, 6.45) is 0.875. The standard InChI is InChI=1S/C16H18N2O2/c1-20-16(19)13-8-9-18(10-13)11-14-7-6-12-4-2-3-5-15(12)17-14/h2-7,13H,8-11H2,1H3. The van der Waals surface area contributed by atoms with Gasteiger partial charge in [0.05, 0.1) is 24.2 Å². The summed E-state index contributed by atoms with van der Waals surface area (Å²) in [6, 6.07) is 12.3. The first-order chi connectivity index (χ1) is 9.76. The third kappa shape index (κ3) is 2.65. The van der Waals surface area contributed by atoms with Crippen molar-refractivity contribution in [2.45, 2.75) is 13.0 Å². The number of pyridine rings is 1. The second kappa shape index (κ2) is 5.59. The molecule has 0 bridgehead atoms. The number of aromatic nitrogens is 1. The first-order valence-corrected chi connectivity index (χ1v) is 6.91. The number of carbonyl (C=O) groups excluding carboxylic acids is 1. The zero-order valence-electron chi connectivity index (χ0n) is 11.6. The summed E-state index contributed by atoms with van der Waals surface area (Å²) in [6.45, 7) is 2.48. The maximum absolute atomic E-state index is 11.5. The summed E-state index contributed by atoms with van der Waals surface area (Å²) in [4.78, 5) is 18.5. The van der Waals surface area contributed by atoms with Crippen LogP contribution in [0.1, 0.15) is 12.1 Å². The summed E-state index contributed by atoms with van der Waals surface area (Å²) in [7, 11) is 1.45. The molecule has 1 aromatic carbocycles. The number of nitrogens with zero attached hydrogens (tertiary/aromatic N) is 2. The predicted molar refractivity (Wildman–Crippen MR) is 77.1 cm³/mol. The van der Waals surface area contributed by atoms with Crippen molar-refractivity contribution in [3.8, 4) is 0 Å². The number of hydrogen-bond acceptors (Lipinski definition) is 4. The molecular weight excluding hydrogens is 252 g/mol. The molecule has 0 saturated carbocycles. The fourth-order valence-electron chi connectivity index (χ4n) is 2.76. The van der Waals surface area contributed by atoms with E-state index in [0.29, 0.717) is 0 Å². The van der Waals surface area contributed by atoms with E-state index in [9.17, 15) is 4.79 Å². The van der Waals surface area contributed by atoms with Crippen LogP contribution in [0.25, 0.3) is 10.9 Å². The SMILES string of the molecule is COC(=O)C1CCN(Cc2ccc3ccccc3n2)C1. The third-order valence-electron chi connectivity index (χ3n) is 3.85. The molecule has 1 aliphatic rings. The van der Waals surface area contributed by atoms with Crippen LogP contribution < -0.4 is 0 Å². The number of para-hydroxylation sites is 1. The van der Waals surface area contributed by atoms with Crippen LogP contribution in [0.3, 0.4) is 0 Å². The molecule has 0 spiro atoms. The smallest absolute Gasteiger partial charge is 0.310 e. The zero-order chi connectivity index (χ0) is 13.9. The van der Waals surface area contributed by atoms with E-state index < -0.39 is 0 Å². The Bertz CT molecular complexity index is 627. The molecule has 0 aliphatic carbocycles. The van der Waals surface area contributed by atoms with Gasteiger partial charge in [-0.25, -0.2) is 0 Å². The fourth-order valence-corrected chi connectivity index (χ4v) is 2.76. The van der Waals surface area contributed by atoms with Crippen LogP contribution in [0.4, 0.5) is 0 Å². The molecule has 1 fully saturated rings. The average Bonchev–Trinajstić information content (AvgIpc) is 2.95. The Kier molecular flexibility index (Phi) is 3.65. The largest absolute Gasteiger partial charge is 0.469 e. The number of rotatable bonds is 3. The van der Waals surface area contributed by atoms with E-state index in [-0.39, 0.29) is 11.9 Å². The topological polar surface area (TPSA) is 42.4 Å². The maximum atomic E-state index is 11.5. The molecule has 2 aromatic rings. The molecule has 1 unspecified atom stereocenters. The number of hydrogen-bond donors (Lipinski definition) is 0. The van der Waals surface area contributed by atoms with E-state index >= 15 is 0 Å². The highest BCUT2D eigenvalue weighted by Crippen LogP contribution is 2.20. The van der Waals surface area contributed by atoms with Crippen molar-refractivity contribution in [3.05, 3.63) is 42.1 Å². The van der Waals surface area contributed by atoms with Gasteiger partial charge in [-0.2, -0.15) is 0 Å². The molecule has 1 atom stereocenters. The average molecular weight is 270 g/mol. The first kappa shape index (κ1) is 13.1. The summed E-state index contributed by atoms with van der Waals surface area (Å²) in [5.74, 6) is -0.0839. The van der Waals surface area contributed by atoms with E-state index in [1.807, 2.05) is 18.2 Å². The second-order valence-corrected chi connectivity index (χ2v) is 5.24. The Labute approximate surface area is 118 Å². The van der Waals surface area contributed by atoms with E-state index in [1.54, 1.807) is 0 Å². The predicted octanol–water partition coefficient (Wildman–Crippen LogP) is 2.23. The molecular formula is C16H18N2O2. The maximum Gasteiger partial charge on any atom is 0.310 e. The molecule has 0 amide bonds. The molecule has 1 aliphatic heterocycles. The van der Waals surface area contributed by atoms with E-state index in [2.05, 4.69) is 28.1 Å². The highest BCUT2D eigenvalue weighted by Gasteiger charge is 2.28. The molecule has 104 valence electrons. The van der Waals surface area contributed by atoms with E-state index in [0.717, 1.165) is 42.7 Å². The number of likely N-dealkylation sites (tertiary alicyclic amines) is 1. The molecule has 20 heavy (non-hydrogen) atoms. The molecule has 4 heteroatoms. The number of benzene rings is 1. The van der Waals surface area contributed by atoms with E-state index in [1.165, 1.54) is 7.11 Å². The highest BCUT2D eigenvalue weighted by atomic mass is 16.5. The van der Waals surface area contributed by atoms with Gasteiger partial charge in [0, 0.05) is 18.5 Å². The van der Waals surface area contributed by atoms with Gasteiger partial charge in [0.15, 0.2) is 0 Å². The third-order valence-corrected chi connectivity index (χ3v) is 3.85. The lowest BCUT2D eigenvalue weighted by Gasteiger charge is -2.15. The number of esters is 1. The lowest BCUT2D eigenvalue weighted by molar-refractivity contribution is -0.144. The molecule has 0 N–H and O–H groups in total. The molecule has 0 radical (unpaired) electrons. The van der Waals surface area contributed by atoms with Crippen molar-refractivity contribution < 1.29 is 9.53 Å². The van der Waals surface area contributed by atoms with Crippen molar-refractivity contribution in [3.63, 3.8) is 0 Å². The number of ether oxygens (including phenoxy) is 1. The summed E-state index contributed by atoms with van der Waals surface area (Å²) >= 11 is 0. The van der Waals surface area contributed by atoms with Crippen LogP contribution in [-0.2, 0) is 16.1 Å². The molecule has 2 heterocycles. The van der Waals surface area contributed by atoms with Gasteiger partial charge in [-0.1, -0.05) is 24.3 Å². The molecule has 4 nitrogen and oxygen atoms in total. The fraction of sp³-hybridized carbons (Fsp3) is 0.375. The van der Waals surface area contributed by atoms with Crippen molar-refractivity contribution in [1.29, 1.82) is 0 Å². The number of carbonyl (C=O) groups is 1. The van der Waals surface area contributed by atoms with Gasteiger partial charge in [0.1, 0.15) is 0 Å². The first-order valence-electron chi connectivity index (χ1n) is 6.91. The zero-order valence-corrected chi connectivity index (χ0v) is 11.6. The minimum atomic E-state index is -0.0982. The second-order valence-electron chi connectivity index (χ2n) is 5.24. The quantitative estimate of drug-likeness (QED) is 0.802. The van der Waals surface area contributed by atoms with Crippen LogP contribution in [-0.4, -0.2) is 36.1 Å². The van der Waals surface area contributed by atoms with Crippen molar-refractivity contribution >= 4 is 16.9 Å². The van der Waals surface area contributed by atoms with Gasteiger partial charge in [-0.15, -0.1) is 0 Å². The van der Waals surface area contributed by atoms with Crippen molar-refractivity contribution in [2.75, 3.05) is 20.2 Å². The van der Waals surface area contributed by atoms with Gasteiger partial charge in [0.2, 0.25) is 0 Å². The Morgan fingerprint density at radius 3 is 3.05 bits per heavy atom. The molecule has 3 rings (SSSR count). The lowest BCUT2D eigenvalue weighted by Crippen LogP contribution is -2.24. The monoisotopic (exact) mass is 270 g/mol. The normalized spacial score (nSPS) is 19.4. The van der Waals surface area contributed by atoms with Crippen molar-refractivity contribution in [2.24, 2.45) is 5.92 Å². The van der Waals surface area contributed by atoms with Gasteiger partial charge < -0.3 is 4.74 Å². The lowest BCUT2D eigenvalue weighted by atomic mass is 10.1. The Morgan fingerprint density at radius 1 is 1.35 bits per heavy atom. The molecule has 1 aromatic heterocycles. The van der Waals surface area contributed by atoms with Crippen molar-refractivity contribution in [1.82, 2.24) is 9.88 Å². The van der Waals surface area contributed by atoms with Crippen LogP contribution in [0.2, 0.25) is 0 Å². The van der Waals surface area contributed by atoms with Crippen LogP contribution in [0.5, 0.6) is 0 Å². The van der Waals surface area contributed by atoms with Crippen LogP contribution in [0, 0.1) is 5.92 Å². The number of methoxy groups -OCH3 is 1. The summed E-state index contributed by atoms with van der Waals surface area (Å²) in [5.41, 5.74) is 2.07. The minimum absolute atomic E-state index is 0.0143. The molecule has 1 saturated heterocycles. The Hall–Kier alpha value is -1.94. The highest BCUT2D eigenvalue weighted by molar-refractivity contribution is 5.78. The van der Waals surface area contributed by atoms with Crippen LogP contribution in [0.15, 0.2) is 36.4 Å². The summed E-state index contributed by atoms with van der Waals surface area (Å²) < 4.78 is 4.81. The Balaban J connectivity index is 1.69. The van der Waals surface area contributed by atoms with Gasteiger partial charge >= 0.3 is 5.97 Å². The van der Waals surface area contributed by atoms with Crippen LogP contribution >= 0.6 is 0 Å². The van der Waals surface area contributed by atoms with E-state index in [4.69, 9.17) is 4.74 Å². The van der Waals surface area contributed by atoms with Gasteiger partial charge in [-0.05, 0) is 25.1 Å². The summed E-state index contributed by atoms with van der Waals surface area (Å²) in [5, 5.41) is 1.16. The number of fused-ring (bicyclic) bond motifs is 1.